The molecule has 0 bridgehead atoms. The zero-order valence-electron chi connectivity index (χ0n) is 11.4. The number of hydrogen-bond donors (Lipinski definition) is 1. The van der Waals surface area contributed by atoms with Crippen LogP contribution in [0.3, 0.4) is 0 Å². The third-order valence-electron chi connectivity index (χ3n) is 3.47. The quantitative estimate of drug-likeness (QED) is 0.702. The van der Waals surface area contributed by atoms with Gasteiger partial charge in [-0.1, -0.05) is 36.8 Å². The second-order valence-corrected chi connectivity index (χ2v) is 5.73. The van der Waals surface area contributed by atoms with E-state index in [0.29, 0.717) is 17.7 Å². The summed E-state index contributed by atoms with van der Waals surface area (Å²) in [6.45, 7) is 7.59. The Hall–Kier alpha value is -0.240. The third-order valence-corrected chi connectivity index (χ3v) is 3.85. The Morgan fingerprint density at radius 2 is 1.56 bits per heavy atom. The van der Waals surface area contributed by atoms with E-state index >= 15 is 0 Å². The SMILES string of the molecule is Cc1ccc([C@H](C)CC[NH+](CCCl)CCCl)cc1. The van der Waals surface area contributed by atoms with Gasteiger partial charge in [0.15, 0.2) is 0 Å². The highest BCUT2D eigenvalue weighted by Crippen LogP contribution is 2.18. The Kier molecular flexibility index (Phi) is 7.73. The predicted octanol–water partition coefficient (Wildman–Crippen LogP) is 2.85. The number of quaternary nitrogens is 1. The van der Waals surface area contributed by atoms with Gasteiger partial charge in [-0.3, -0.25) is 0 Å². The smallest absolute Gasteiger partial charge is 0.0908 e. The van der Waals surface area contributed by atoms with Crippen molar-refractivity contribution in [1.82, 2.24) is 0 Å². The maximum absolute atomic E-state index is 5.82. The Morgan fingerprint density at radius 3 is 2.06 bits per heavy atom. The van der Waals surface area contributed by atoms with Crippen LogP contribution in [0, 0.1) is 6.92 Å². The Labute approximate surface area is 121 Å². The summed E-state index contributed by atoms with van der Waals surface area (Å²) in [5, 5.41) is 0. The molecule has 102 valence electrons. The van der Waals surface area contributed by atoms with E-state index in [1.165, 1.54) is 22.4 Å². The van der Waals surface area contributed by atoms with Crippen LogP contribution in [0.4, 0.5) is 0 Å². The highest BCUT2D eigenvalue weighted by Gasteiger charge is 2.11. The molecule has 0 spiro atoms. The topological polar surface area (TPSA) is 4.44 Å². The van der Waals surface area contributed by atoms with Gasteiger partial charge in [0, 0.05) is 6.42 Å². The van der Waals surface area contributed by atoms with Crippen LogP contribution in [0.25, 0.3) is 0 Å². The average molecular weight is 289 g/mol. The molecule has 1 aromatic carbocycles. The van der Waals surface area contributed by atoms with Crippen LogP contribution in [-0.4, -0.2) is 31.4 Å². The number of rotatable bonds is 8. The molecular weight excluding hydrogens is 265 g/mol. The predicted molar refractivity (Wildman–Crippen MR) is 81.2 cm³/mol. The molecule has 0 aliphatic rings. The zero-order valence-corrected chi connectivity index (χ0v) is 12.9. The van der Waals surface area contributed by atoms with Gasteiger partial charge in [0.1, 0.15) is 0 Å². The number of alkyl halides is 2. The molecule has 18 heavy (non-hydrogen) atoms. The summed E-state index contributed by atoms with van der Waals surface area (Å²) in [4.78, 5) is 1.51. The van der Waals surface area contributed by atoms with E-state index in [0.717, 1.165) is 19.6 Å². The van der Waals surface area contributed by atoms with Crippen LogP contribution in [0.5, 0.6) is 0 Å². The molecule has 0 amide bonds. The van der Waals surface area contributed by atoms with E-state index in [4.69, 9.17) is 23.2 Å². The van der Waals surface area contributed by atoms with Crippen molar-refractivity contribution in [2.75, 3.05) is 31.4 Å². The highest BCUT2D eigenvalue weighted by atomic mass is 35.5. The summed E-state index contributed by atoms with van der Waals surface area (Å²) in [5.74, 6) is 2.03. The van der Waals surface area contributed by atoms with Gasteiger partial charge in [-0.15, -0.1) is 23.2 Å². The van der Waals surface area contributed by atoms with Crippen LogP contribution in [0.2, 0.25) is 0 Å². The number of halogens is 2. The first kappa shape index (κ1) is 15.8. The van der Waals surface area contributed by atoms with Crippen LogP contribution in [-0.2, 0) is 0 Å². The first-order valence-electron chi connectivity index (χ1n) is 6.69. The summed E-state index contributed by atoms with van der Waals surface area (Å²) in [6, 6.07) is 8.85. The molecule has 0 aromatic heterocycles. The fraction of sp³-hybridized carbons (Fsp3) is 0.600. The van der Waals surface area contributed by atoms with E-state index in [1.807, 2.05) is 0 Å². The van der Waals surface area contributed by atoms with Crippen molar-refractivity contribution in [3.63, 3.8) is 0 Å². The summed E-state index contributed by atoms with van der Waals surface area (Å²) in [6.07, 6.45) is 1.19. The van der Waals surface area contributed by atoms with Gasteiger partial charge in [-0.25, -0.2) is 0 Å². The molecule has 1 rings (SSSR count). The fourth-order valence-electron chi connectivity index (χ4n) is 2.12. The summed E-state index contributed by atoms with van der Waals surface area (Å²) in [7, 11) is 0. The van der Waals surface area contributed by atoms with Crippen LogP contribution < -0.4 is 4.90 Å². The molecule has 0 aliphatic heterocycles. The van der Waals surface area contributed by atoms with Crippen molar-refractivity contribution in [2.45, 2.75) is 26.2 Å². The lowest BCUT2D eigenvalue weighted by molar-refractivity contribution is -0.895. The van der Waals surface area contributed by atoms with Gasteiger partial charge in [0.05, 0.1) is 31.4 Å². The van der Waals surface area contributed by atoms with E-state index in [9.17, 15) is 0 Å². The largest absolute Gasteiger partial charge is 0.333 e. The van der Waals surface area contributed by atoms with Gasteiger partial charge < -0.3 is 4.90 Å². The maximum atomic E-state index is 5.82. The van der Waals surface area contributed by atoms with Gasteiger partial charge in [-0.2, -0.15) is 0 Å². The van der Waals surface area contributed by atoms with Crippen LogP contribution in [0.15, 0.2) is 24.3 Å². The number of hydrogen-bond acceptors (Lipinski definition) is 0. The van der Waals surface area contributed by atoms with Crippen molar-refractivity contribution in [1.29, 1.82) is 0 Å². The van der Waals surface area contributed by atoms with Crippen molar-refractivity contribution < 1.29 is 4.90 Å². The molecule has 0 aliphatic carbocycles. The standard InChI is InChI=1S/C15H23Cl2N/c1-13-3-5-15(6-4-13)14(2)7-10-18(11-8-16)12-9-17/h3-6,14H,7-12H2,1-2H3/p+1/t14-/m1/s1. The maximum Gasteiger partial charge on any atom is 0.0908 e. The second kappa shape index (κ2) is 8.79. The lowest BCUT2D eigenvalue weighted by atomic mass is 9.97. The first-order chi connectivity index (χ1) is 8.67. The molecular formula is C15H24Cl2N+. The molecule has 0 saturated heterocycles. The van der Waals surface area contributed by atoms with Crippen LogP contribution in [0.1, 0.15) is 30.4 Å². The van der Waals surface area contributed by atoms with E-state index in [2.05, 4.69) is 38.1 Å². The monoisotopic (exact) mass is 288 g/mol. The Bertz CT molecular complexity index is 318. The Morgan fingerprint density at radius 1 is 1.00 bits per heavy atom. The number of benzene rings is 1. The number of nitrogens with one attached hydrogen (secondary N) is 1. The van der Waals surface area contributed by atoms with Gasteiger partial charge in [-0.05, 0) is 18.4 Å². The average Bonchev–Trinajstić information content (AvgIpc) is 2.37. The third kappa shape index (κ3) is 5.60. The van der Waals surface area contributed by atoms with Crippen molar-refractivity contribution in [3.8, 4) is 0 Å². The molecule has 1 atom stereocenters. The van der Waals surface area contributed by atoms with Gasteiger partial charge >= 0.3 is 0 Å². The van der Waals surface area contributed by atoms with Crippen molar-refractivity contribution in [2.24, 2.45) is 0 Å². The van der Waals surface area contributed by atoms with E-state index in [1.54, 1.807) is 0 Å². The van der Waals surface area contributed by atoms with Gasteiger partial charge in [0.25, 0.3) is 0 Å². The van der Waals surface area contributed by atoms with Crippen LogP contribution >= 0.6 is 23.2 Å². The minimum Gasteiger partial charge on any atom is -0.333 e. The molecule has 1 N–H and O–H groups in total. The van der Waals surface area contributed by atoms with E-state index in [-0.39, 0.29) is 0 Å². The fourth-order valence-corrected chi connectivity index (χ4v) is 2.66. The molecule has 0 unspecified atom stereocenters. The molecule has 0 saturated carbocycles. The summed E-state index contributed by atoms with van der Waals surface area (Å²) < 4.78 is 0. The van der Waals surface area contributed by atoms with Gasteiger partial charge in [0.2, 0.25) is 0 Å². The van der Waals surface area contributed by atoms with Crippen molar-refractivity contribution in [3.05, 3.63) is 35.4 Å². The summed E-state index contributed by atoms with van der Waals surface area (Å²) >= 11 is 11.6. The second-order valence-electron chi connectivity index (χ2n) is 4.98. The molecule has 1 nitrogen and oxygen atoms in total. The molecule has 1 aromatic rings. The summed E-state index contributed by atoms with van der Waals surface area (Å²) in [5.41, 5.74) is 2.75. The highest BCUT2D eigenvalue weighted by molar-refractivity contribution is 6.18. The van der Waals surface area contributed by atoms with Crippen molar-refractivity contribution >= 4 is 23.2 Å². The minimum atomic E-state index is 0.603. The normalized spacial score (nSPS) is 12.9. The van der Waals surface area contributed by atoms with E-state index < -0.39 is 0 Å². The molecule has 0 fully saturated rings. The molecule has 0 radical (unpaired) electrons. The first-order valence-corrected chi connectivity index (χ1v) is 7.76. The Balaban J connectivity index is 2.43. The zero-order chi connectivity index (χ0) is 13.4. The minimum absolute atomic E-state index is 0.603. The number of aryl methyl sites for hydroxylation is 1. The lowest BCUT2D eigenvalue weighted by Crippen LogP contribution is -3.12. The lowest BCUT2D eigenvalue weighted by Gasteiger charge is -2.20. The molecule has 3 heteroatoms. The molecule has 0 heterocycles.